The summed E-state index contributed by atoms with van der Waals surface area (Å²) >= 11 is 6.22. The predicted octanol–water partition coefficient (Wildman–Crippen LogP) is 6.04. The Hall–Kier alpha value is -4.35. The van der Waals surface area contributed by atoms with E-state index < -0.39 is 29.4 Å². The van der Waals surface area contributed by atoms with Gasteiger partial charge in [-0.1, -0.05) is 48.4 Å². The molecular formula is C33H31ClN2O6. The zero-order valence-corrected chi connectivity index (χ0v) is 24.3. The first-order valence-corrected chi connectivity index (χ1v) is 14.1. The van der Waals surface area contributed by atoms with Gasteiger partial charge in [-0.05, 0) is 67.3 Å². The largest absolute Gasteiger partial charge is 0.493 e. The van der Waals surface area contributed by atoms with Crippen molar-refractivity contribution in [3.63, 3.8) is 0 Å². The van der Waals surface area contributed by atoms with Crippen LogP contribution < -0.4 is 9.47 Å². The van der Waals surface area contributed by atoms with Gasteiger partial charge in [0, 0.05) is 22.4 Å². The van der Waals surface area contributed by atoms with E-state index in [0.29, 0.717) is 51.6 Å². The third-order valence-electron chi connectivity index (χ3n) is 8.79. The van der Waals surface area contributed by atoms with E-state index >= 15 is 0 Å². The van der Waals surface area contributed by atoms with E-state index in [9.17, 15) is 24.8 Å². The maximum atomic E-state index is 14.6. The number of amides is 1. The number of hydrogen-bond donors (Lipinski definition) is 1. The molecule has 3 aromatic rings. The molecule has 1 aliphatic carbocycles. The first kappa shape index (κ1) is 29.2. The van der Waals surface area contributed by atoms with Gasteiger partial charge in [0.05, 0.1) is 37.8 Å². The minimum Gasteiger partial charge on any atom is -0.493 e. The predicted molar refractivity (Wildman–Crippen MR) is 156 cm³/mol. The molecule has 2 aliphatic rings. The Morgan fingerprint density at radius 3 is 2.10 bits per heavy atom. The number of nitriles is 1. The number of rotatable bonds is 8. The lowest BCUT2D eigenvalue weighted by Gasteiger charge is -2.41. The van der Waals surface area contributed by atoms with Gasteiger partial charge in [-0.15, -0.1) is 0 Å². The van der Waals surface area contributed by atoms with Crippen LogP contribution >= 0.6 is 11.6 Å². The molecule has 0 aromatic heterocycles. The Labute approximate surface area is 249 Å². The van der Waals surface area contributed by atoms with Crippen molar-refractivity contribution in [3.05, 3.63) is 94.0 Å². The van der Waals surface area contributed by atoms with Crippen LogP contribution in [0.1, 0.15) is 65.2 Å². The lowest BCUT2D eigenvalue weighted by Crippen LogP contribution is -2.56. The van der Waals surface area contributed by atoms with Crippen molar-refractivity contribution < 1.29 is 29.0 Å². The van der Waals surface area contributed by atoms with Gasteiger partial charge >= 0.3 is 5.97 Å². The standard InChI is InChI=1S/C33H31ClN2O6/c1-33(32(39)40)28(23-13-16-25(41-2)26(17-23)42-3)27(30(37)21-9-7-19(18-35)8-10-21)29(20-11-14-24(34)15-12-20)36(33)31(38)22-5-4-6-22/h7-17,22,27-29H,4-6H2,1-3H3,(H,39,40). The Bertz CT molecular complexity index is 1560. The Kier molecular flexibility index (Phi) is 7.98. The van der Waals surface area contributed by atoms with Crippen molar-refractivity contribution in [1.82, 2.24) is 4.90 Å². The number of aliphatic carboxylic acids is 1. The molecule has 2 fully saturated rings. The van der Waals surface area contributed by atoms with E-state index in [4.69, 9.17) is 21.1 Å². The number of nitrogens with zero attached hydrogens (tertiary/aromatic N) is 2. The Balaban J connectivity index is 1.80. The SMILES string of the molecule is COc1ccc(C2C(C(=O)c3ccc(C#N)cc3)C(c3ccc(Cl)cc3)N(C(=O)C3CCC3)C2(C)C(=O)O)cc1OC. The van der Waals surface area contributed by atoms with Crippen LogP contribution in [0.25, 0.3) is 0 Å². The average Bonchev–Trinajstić information content (AvgIpc) is 3.26. The number of methoxy groups -OCH3 is 2. The third-order valence-corrected chi connectivity index (χ3v) is 9.04. The van der Waals surface area contributed by atoms with E-state index in [1.807, 2.05) is 0 Å². The smallest absolute Gasteiger partial charge is 0.330 e. The number of ketones is 1. The van der Waals surface area contributed by atoms with Gasteiger partial charge in [0.1, 0.15) is 5.54 Å². The number of hydrogen-bond acceptors (Lipinski definition) is 6. The van der Waals surface area contributed by atoms with Crippen molar-refractivity contribution in [2.45, 2.75) is 43.7 Å². The second-order valence-electron chi connectivity index (χ2n) is 11.0. The highest BCUT2D eigenvalue weighted by molar-refractivity contribution is 6.30. The zero-order valence-electron chi connectivity index (χ0n) is 23.5. The average molecular weight is 587 g/mol. The number of carbonyl (C=O) groups excluding carboxylic acids is 2. The monoisotopic (exact) mass is 586 g/mol. The first-order valence-electron chi connectivity index (χ1n) is 13.7. The number of carbonyl (C=O) groups is 3. The summed E-state index contributed by atoms with van der Waals surface area (Å²) in [7, 11) is 2.98. The highest BCUT2D eigenvalue weighted by Gasteiger charge is 2.65. The molecule has 1 heterocycles. The van der Waals surface area contributed by atoms with Crippen LogP contribution in [0.5, 0.6) is 11.5 Å². The van der Waals surface area contributed by atoms with Crippen LogP contribution in [-0.4, -0.2) is 47.4 Å². The molecule has 1 N–H and O–H groups in total. The molecule has 3 aromatic carbocycles. The van der Waals surface area contributed by atoms with Gasteiger partial charge < -0.3 is 19.5 Å². The Morgan fingerprint density at radius 1 is 0.952 bits per heavy atom. The van der Waals surface area contributed by atoms with Crippen LogP contribution in [0.3, 0.4) is 0 Å². The molecular weight excluding hydrogens is 556 g/mol. The van der Waals surface area contributed by atoms with Crippen molar-refractivity contribution in [3.8, 4) is 17.6 Å². The van der Waals surface area contributed by atoms with E-state index in [1.54, 1.807) is 66.7 Å². The van der Waals surface area contributed by atoms with Crippen molar-refractivity contribution in [1.29, 1.82) is 5.26 Å². The molecule has 0 spiro atoms. The summed E-state index contributed by atoms with van der Waals surface area (Å²) < 4.78 is 11.0. The summed E-state index contributed by atoms with van der Waals surface area (Å²) in [5, 5.41) is 20.7. The summed E-state index contributed by atoms with van der Waals surface area (Å²) in [4.78, 5) is 43.7. The molecule has 42 heavy (non-hydrogen) atoms. The number of benzene rings is 3. The molecule has 1 aliphatic heterocycles. The van der Waals surface area contributed by atoms with Gasteiger partial charge in [-0.2, -0.15) is 5.26 Å². The molecule has 216 valence electrons. The first-order chi connectivity index (χ1) is 20.1. The molecule has 8 nitrogen and oxygen atoms in total. The minimum atomic E-state index is -1.80. The van der Waals surface area contributed by atoms with Gasteiger partial charge in [0.15, 0.2) is 17.3 Å². The number of likely N-dealkylation sites (tertiary alicyclic amines) is 1. The lowest BCUT2D eigenvalue weighted by molar-refractivity contribution is -0.161. The fraction of sp³-hybridized carbons (Fsp3) is 0.333. The van der Waals surface area contributed by atoms with Crippen molar-refractivity contribution >= 4 is 29.3 Å². The fourth-order valence-electron chi connectivity index (χ4n) is 6.38. The maximum absolute atomic E-state index is 14.6. The molecule has 0 radical (unpaired) electrons. The molecule has 1 saturated carbocycles. The molecule has 5 rings (SSSR count). The Morgan fingerprint density at radius 2 is 1.57 bits per heavy atom. The number of Topliss-reactive ketones (excluding diaryl/α,β-unsaturated/α-hetero) is 1. The van der Waals surface area contributed by atoms with Crippen molar-refractivity contribution in [2.24, 2.45) is 11.8 Å². The van der Waals surface area contributed by atoms with E-state index in [-0.39, 0.29) is 17.6 Å². The summed E-state index contributed by atoms with van der Waals surface area (Å²) in [6.07, 6.45) is 2.20. The summed E-state index contributed by atoms with van der Waals surface area (Å²) in [5.41, 5.74) is 0.0284. The van der Waals surface area contributed by atoms with E-state index in [2.05, 4.69) is 6.07 Å². The van der Waals surface area contributed by atoms with Gasteiger partial charge in [-0.25, -0.2) is 4.79 Å². The minimum absolute atomic E-state index is 0.285. The molecule has 1 amide bonds. The quantitative estimate of drug-likeness (QED) is 0.320. The normalized spacial score (nSPS) is 23.5. The highest BCUT2D eigenvalue weighted by atomic mass is 35.5. The van der Waals surface area contributed by atoms with Gasteiger partial charge in [0.2, 0.25) is 5.91 Å². The molecule has 1 saturated heterocycles. The number of ether oxygens (including phenoxy) is 2. The second-order valence-corrected chi connectivity index (χ2v) is 11.4. The molecule has 9 heteroatoms. The number of carboxylic acid groups (broad SMARTS) is 1. The van der Waals surface area contributed by atoms with Crippen LogP contribution in [0.15, 0.2) is 66.7 Å². The van der Waals surface area contributed by atoms with Crippen LogP contribution in [0.2, 0.25) is 5.02 Å². The van der Waals surface area contributed by atoms with Crippen molar-refractivity contribution in [2.75, 3.05) is 14.2 Å². The topological polar surface area (TPSA) is 117 Å². The molecule has 0 bridgehead atoms. The van der Waals surface area contributed by atoms with E-state index in [1.165, 1.54) is 26.0 Å². The van der Waals surface area contributed by atoms with Crippen LogP contribution in [0, 0.1) is 23.2 Å². The van der Waals surface area contributed by atoms with Crippen LogP contribution in [0.4, 0.5) is 0 Å². The van der Waals surface area contributed by atoms with Crippen LogP contribution in [-0.2, 0) is 9.59 Å². The zero-order chi connectivity index (χ0) is 30.2. The molecule has 4 unspecified atom stereocenters. The van der Waals surface area contributed by atoms with Gasteiger partial charge in [0.25, 0.3) is 0 Å². The third kappa shape index (κ3) is 4.78. The summed E-state index contributed by atoms with van der Waals surface area (Å²) in [5.74, 6) is -3.31. The van der Waals surface area contributed by atoms with Gasteiger partial charge in [-0.3, -0.25) is 9.59 Å². The summed E-state index contributed by atoms with van der Waals surface area (Å²) in [6, 6.07) is 19.3. The number of carboxylic acids is 1. The number of halogens is 1. The lowest BCUT2D eigenvalue weighted by atomic mass is 9.71. The molecule has 4 atom stereocenters. The highest BCUT2D eigenvalue weighted by Crippen LogP contribution is 2.58. The fourth-order valence-corrected chi connectivity index (χ4v) is 6.50. The summed E-state index contributed by atoms with van der Waals surface area (Å²) in [6.45, 7) is 1.53. The van der Waals surface area contributed by atoms with E-state index in [0.717, 1.165) is 6.42 Å². The maximum Gasteiger partial charge on any atom is 0.330 e. The second kappa shape index (κ2) is 11.5.